The van der Waals surface area contributed by atoms with Crippen molar-refractivity contribution in [3.05, 3.63) is 34.5 Å². The predicted octanol–water partition coefficient (Wildman–Crippen LogP) is 3.60. The van der Waals surface area contributed by atoms with Crippen molar-refractivity contribution in [2.45, 2.75) is 26.7 Å². The molecule has 2 aromatic rings. The van der Waals surface area contributed by atoms with Gasteiger partial charge in [-0.2, -0.15) is 0 Å². The molecule has 0 bridgehead atoms. The van der Waals surface area contributed by atoms with Crippen LogP contribution < -0.4 is 20.1 Å². The number of hydrogen-bond donors (Lipinski definition) is 3. The van der Waals surface area contributed by atoms with E-state index in [1.807, 2.05) is 0 Å². The molecular weight excluding hydrogens is 384 g/mol. The van der Waals surface area contributed by atoms with Crippen molar-refractivity contribution < 1.29 is 29.0 Å². The Morgan fingerprint density at radius 2 is 1.61 bits per heavy atom. The molecule has 2 rings (SSSR count). The Hall–Kier alpha value is -3.07. The Labute approximate surface area is 166 Å². The molecule has 0 aliphatic carbocycles. The van der Waals surface area contributed by atoms with Gasteiger partial charge in [-0.15, -0.1) is 11.3 Å². The molecule has 0 atom stereocenters. The average molecular weight is 406 g/mol. The quantitative estimate of drug-likeness (QED) is 0.555. The number of thiophene rings is 1. The molecule has 1 heterocycles. The second-order valence-corrected chi connectivity index (χ2v) is 6.53. The number of benzene rings is 1. The zero-order valence-corrected chi connectivity index (χ0v) is 16.4. The zero-order valence-electron chi connectivity index (χ0n) is 15.6. The highest BCUT2D eigenvalue weighted by Gasteiger charge is 2.17. The van der Waals surface area contributed by atoms with Crippen molar-refractivity contribution in [3.63, 3.8) is 0 Å². The number of nitrogens with one attached hydrogen (secondary N) is 2. The Kier molecular flexibility index (Phi) is 7.82. The summed E-state index contributed by atoms with van der Waals surface area (Å²) in [4.78, 5) is 35.6. The standard InChI is InChI=1S/C19H22N2O6S/c1-3-26-14-11-13(21-19(25)16-6-5-9-28-16)15(27-4-2)10-12(14)20-17(22)7-8-18(23)24/h5-6,9-11H,3-4,7-8H2,1-2H3,(H,20,22)(H,21,25)(H,23,24). The van der Waals surface area contributed by atoms with Crippen LogP contribution in [0.15, 0.2) is 29.6 Å². The van der Waals surface area contributed by atoms with Gasteiger partial charge in [-0.3, -0.25) is 14.4 Å². The lowest BCUT2D eigenvalue weighted by atomic mass is 10.2. The first kappa shape index (κ1) is 21.2. The van der Waals surface area contributed by atoms with Gasteiger partial charge in [-0.1, -0.05) is 6.07 Å². The second kappa shape index (κ2) is 10.3. The van der Waals surface area contributed by atoms with Crippen LogP contribution in [-0.4, -0.2) is 36.1 Å². The average Bonchev–Trinajstić information content (AvgIpc) is 3.18. The highest BCUT2D eigenvalue weighted by molar-refractivity contribution is 7.12. The number of rotatable bonds is 10. The topological polar surface area (TPSA) is 114 Å². The Bertz CT molecular complexity index is 835. The van der Waals surface area contributed by atoms with Crippen LogP contribution in [0.4, 0.5) is 11.4 Å². The summed E-state index contributed by atoms with van der Waals surface area (Å²) >= 11 is 1.31. The lowest BCUT2D eigenvalue weighted by Gasteiger charge is -2.17. The van der Waals surface area contributed by atoms with Crippen molar-refractivity contribution in [2.75, 3.05) is 23.8 Å². The number of carbonyl (C=O) groups is 3. The number of carboxylic acid groups (broad SMARTS) is 1. The van der Waals surface area contributed by atoms with Gasteiger partial charge in [0.2, 0.25) is 5.91 Å². The lowest BCUT2D eigenvalue weighted by Crippen LogP contribution is -2.16. The number of anilines is 2. The summed E-state index contributed by atoms with van der Waals surface area (Å²) in [5.74, 6) is -1.08. The van der Waals surface area contributed by atoms with Crippen LogP contribution in [0, 0.1) is 0 Å². The van der Waals surface area contributed by atoms with Gasteiger partial charge in [0, 0.05) is 18.6 Å². The van der Waals surface area contributed by atoms with Crippen LogP contribution in [0.3, 0.4) is 0 Å². The molecule has 1 aromatic heterocycles. The Balaban J connectivity index is 2.29. The van der Waals surface area contributed by atoms with Crippen molar-refractivity contribution in [2.24, 2.45) is 0 Å². The van der Waals surface area contributed by atoms with Gasteiger partial charge in [0.15, 0.2) is 0 Å². The second-order valence-electron chi connectivity index (χ2n) is 5.58. The number of aliphatic carboxylic acids is 1. The van der Waals surface area contributed by atoms with Gasteiger partial charge in [0.25, 0.3) is 5.91 Å². The minimum Gasteiger partial charge on any atom is -0.492 e. The molecule has 1 aromatic carbocycles. The van der Waals surface area contributed by atoms with E-state index in [-0.39, 0.29) is 18.7 Å². The van der Waals surface area contributed by atoms with E-state index in [0.29, 0.717) is 41.0 Å². The zero-order chi connectivity index (χ0) is 20.5. The number of carboxylic acids is 1. The highest BCUT2D eigenvalue weighted by Crippen LogP contribution is 2.37. The van der Waals surface area contributed by atoms with Gasteiger partial charge in [0.05, 0.1) is 35.9 Å². The monoisotopic (exact) mass is 406 g/mol. The molecule has 0 saturated carbocycles. The molecule has 0 aliphatic heterocycles. The van der Waals surface area contributed by atoms with Crippen LogP contribution >= 0.6 is 11.3 Å². The molecule has 0 saturated heterocycles. The van der Waals surface area contributed by atoms with Crippen LogP contribution in [-0.2, 0) is 9.59 Å². The summed E-state index contributed by atoms with van der Waals surface area (Å²) in [5, 5.41) is 16.0. The Morgan fingerprint density at radius 1 is 1.00 bits per heavy atom. The third kappa shape index (κ3) is 5.98. The fourth-order valence-electron chi connectivity index (χ4n) is 2.33. The van der Waals surface area contributed by atoms with E-state index >= 15 is 0 Å². The van der Waals surface area contributed by atoms with Crippen molar-refractivity contribution >= 4 is 40.5 Å². The van der Waals surface area contributed by atoms with E-state index in [0.717, 1.165) is 0 Å². The summed E-state index contributed by atoms with van der Waals surface area (Å²) < 4.78 is 11.2. The summed E-state index contributed by atoms with van der Waals surface area (Å²) in [6.07, 6.45) is -0.440. The van der Waals surface area contributed by atoms with Crippen LogP contribution in [0.5, 0.6) is 11.5 Å². The number of hydrogen-bond acceptors (Lipinski definition) is 6. The van der Waals surface area contributed by atoms with Crippen LogP contribution in [0.2, 0.25) is 0 Å². The predicted molar refractivity (Wildman–Crippen MR) is 107 cm³/mol. The van der Waals surface area contributed by atoms with E-state index in [1.54, 1.807) is 43.5 Å². The van der Waals surface area contributed by atoms with Crippen molar-refractivity contribution in [3.8, 4) is 11.5 Å². The first-order valence-electron chi connectivity index (χ1n) is 8.74. The van der Waals surface area contributed by atoms with Crippen molar-refractivity contribution in [1.29, 1.82) is 0 Å². The van der Waals surface area contributed by atoms with Gasteiger partial charge in [-0.05, 0) is 25.3 Å². The molecule has 28 heavy (non-hydrogen) atoms. The highest BCUT2D eigenvalue weighted by atomic mass is 32.1. The normalized spacial score (nSPS) is 10.2. The summed E-state index contributed by atoms with van der Waals surface area (Å²) in [7, 11) is 0. The first-order valence-corrected chi connectivity index (χ1v) is 9.62. The fourth-order valence-corrected chi connectivity index (χ4v) is 2.95. The van der Waals surface area contributed by atoms with E-state index in [9.17, 15) is 14.4 Å². The SMILES string of the molecule is CCOc1cc(NC(=O)c2cccs2)c(OCC)cc1NC(=O)CCC(=O)O. The van der Waals surface area contributed by atoms with Gasteiger partial charge in [-0.25, -0.2) is 0 Å². The number of amides is 2. The first-order chi connectivity index (χ1) is 13.4. The summed E-state index contributed by atoms with van der Waals surface area (Å²) in [6.45, 7) is 4.27. The largest absolute Gasteiger partial charge is 0.492 e. The molecule has 3 N–H and O–H groups in total. The van der Waals surface area contributed by atoms with E-state index in [4.69, 9.17) is 14.6 Å². The molecule has 0 unspecified atom stereocenters. The third-order valence-electron chi connectivity index (χ3n) is 3.51. The van der Waals surface area contributed by atoms with E-state index in [1.165, 1.54) is 11.3 Å². The number of carbonyl (C=O) groups excluding carboxylic acids is 2. The minimum atomic E-state index is -1.05. The van der Waals surface area contributed by atoms with Gasteiger partial charge < -0.3 is 25.2 Å². The molecule has 0 aliphatic rings. The smallest absolute Gasteiger partial charge is 0.303 e. The van der Waals surface area contributed by atoms with Crippen LogP contribution in [0.25, 0.3) is 0 Å². The molecule has 0 fully saturated rings. The van der Waals surface area contributed by atoms with Gasteiger partial charge >= 0.3 is 5.97 Å². The summed E-state index contributed by atoms with van der Waals surface area (Å²) in [5.41, 5.74) is 0.752. The molecule has 2 amide bonds. The number of ether oxygens (including phenoxy) is 2. The third-order valence-corrected chi connectivity index (χ3v) is 4.38. The van der Waals surface area contributed by atoms with Gasteiger partial charge in [0.1, 0.15) is 11.5 Å². The maximum absolute atomic E-state index is 12.4. The minimum absolute atomic E-state index is 0.165. The maximum Gasteiger partial charge on any atom is 0.303 e. The van der Waals surface area contributed by atoms with Crippen LogP contribution in [0.1, 0.15) is 36.4 Å². The Morgan fingerprint density at radius 3 is 2.11 bits per heavy atom. The molecule has 0 spiro atoms. The molecule has 8 nitrogen and oxygen atoms in total. The van der Waals surface area contributed by atoms with Crippen molar-refractivity contribution in [1.82, 2.24) is 0 Å². The van der Waals surface area contributed by atoms with E-state index < -0.39 is 11.9 Å². The molecule has 0 radical (unpaired) electrons. The molecule has 150 valence electrons. The molecular formula is C19H22N2O6S. The fraction of sp³-hybridized carbons (Fsp3) is 0.316. The maximum atomic E-state index is 12.4. The lowest BCUT2D eigenvalue weighted by molar-refractivity contribution is -0.138. The summed E-state index contributed by atoms with van der Waals surface area (Å²) in [6, 6.07) is 6.62. The van der Waals surface area contributed by atoms with E-state index in [2.05, 4.69) is 10.6 Å². The molecule has 9 heteroatoms.